The number of terminal acetylenes is 1. The molecule has 1 unspecified atom stereocenters. The number of hydrogen-bond donors (Lipinski definition) is 1. The van der Waals surface area contributed by atoms with Gasteiger partial charge in [0.2, 0.25) is 0 Å². The van der Waals surface area contributed by atoms with Crippen LogP contribution in [-0.4, -0.2) is 79.2 Å². The fourth-order valence-corrected chi connectivity index (χ4v) is 8.41. The number of rotatable bonds is 14. The van der Waals surface area contributed by atoms with Gasteiger partial charge in [0.05, 0.1) is 66.9 Å². The van der Waals surface area contributed by atoms with Gasteiger partial charge in [0.1, 0.15) is 0 Å². The van der Waals surface area contributed by atoms with Gasteiger partial charge in [0, 0.05) is 60.0 Å². The van der Waals surface area contributed by atoms with Gasteiger partial charge in [-0.05, 0) is 60.9 Å². The zero-order valence-corrected chi connectivity index (χ0v) is 34.0. The van der Waals surface area contributed by atoms with E-state index in [1.165, 1.54) is 0 Å². The number of fused-ring (bicyclic) bond motifs is 6. The summed E-state index contributed by atoms with van der Waals surface area (Å²) in [7, 11) is 3.10. The van der Waals surface area contributed by atoms with Crippen molar-refractivity contribution in [2.45, 2.75) is 69.7 Å². The number of carbonyl (C=O) groups excluding carboxylic acids is 2. The first kappa shape index (κ1) is 39.1. The van der Waals surface area contributed by atoms with E-state index in [0.717, 1.165) is 52.4 Å². The molecular formula is C44H46N4O6S2. The Morgan fingerprint density at radius 3 is 2.07 bits per heavy atom. The molecule has 3 aromatic carbocycles. The molecule has 290 valence electrons. The highest BCUT2D eigenvalue weighted by Gasteiger charge is 2.38. The molecule has 3 aromatic rings. The molecule has 0 aromatic heterocycles. The Hall–Kier alpha value is -5.12. The SMILES string of the molecule is C#C/C(=C\C1=C(C)N2C(=O)c3cc(OC)c(OCCCOc4cc5c(cc4OC)C(=O)N4c6ccccc6CC4C=N5)cc3N=C[C@@H]2C1)SCCCC(C)(C)S. The summed E-state index contributed by atoms with van der Waals surface area (Å²) in [5.74, 6) is 5.29. The van der Waals surface area contributed by atoms with Crippen LogP contribution in [0.5, 0.6) is 23.0 Å². The van der Waals surface area contributed by atoms with Gasteiger partial charge >= 0.3 is 0 Å². The third kappa shape index (κ3) is 8.06. The summed E-state index contributed by atoms with van der Waals surface area (Å²) >= 11 is 6.28. The molecule has 2 atom stereocenters. The van der Waals surface area contributed by atoms with Crippen molar-refractivity contribution in [2.24, 2.45) is 9.98 Å². The van der Waals surface area contributed by atoms with Crippen LogP contribution in [0.15, 0.2) is 80.8 Å². The average molecular weight is 791 g/mol. The summed E-state index contributed by atoms with van der Waals surface area (Å²) in [5.41, 5.74) is 5.86. The van der Waals surface area contributed by atoms with Crippen LogP contribution < -0.4 is 23.8 Å². The normalized spacial score (nSPS) is 18.4. The number of methoxy groups -OCH3 is 2. The van der Waals surface area contributed by atoms with Crippen molar-refractivity contribution in [2.75, 3.05) is 38.1 Å². The molecule has 0 saturated carbocycles. The van der Waals surface area contributed by atoms with Gasteiger partial charge in [-0.1, -0.05) is 38.0 Å². The molecule has 0 saturated heterocycles. The first-order valence-electron chi connectivity index (χ1n) is 18.8. The van der Waals surface area contributed by atoms with Crippen molar-refractivity contribution in [3.63, 3.8) is 0 Å². The highest BCUT2D eigenvalue weighted by Crippen LogP contribution is 2.43. The third-order valence-electron chi connectivity index (χ3n) is 10.3. The summed E-state index contributed by atoms with van der Waals surface area (Å²) in [5, 5.41) is 0. The number of hydrogen-bond acceptors (Lipinski definition) is 10. The molecule has 4 aliphatic heterocycles. The lowest BCUT2D eigenvalue weighted by Crippen LogP contribution is -2.37. The molecule has 10 nitrogen and oxygen atoms in total. The predicted octanol–water partition coefficient (Wildman–Crippen LogP) is 8.78. The van der Waals surface area contributed by atoms with E-state index in [-0.39, 0.29) is 28.6 Å². The number of allylic oxidation sites excluding steroid dienone is 3. The van der Waals surface area contributed by atoms with Crippen LogP contribution in [-0.2, 0) is 6.42 Å². The lowest BCUT2D eigenvalue weighted by molar-refractivity contribution is 0.0801. The van der Waals surface area contributed by atoms with Gasteiger partial charge in [-0.15, -0.1) is 18.2 Å². The van der Waals surface area contributed by atoms with Crippen molar-refractivity contribution in [3.8, 4) is 35.3 Å². The predicted molar refractivity (Wildman–Crippen MR) is 228 cm³/mol. The van der Waals surface area contributed by atoms with E-state index in [2.05, 4.69) is 32.4 Å². The number of thiol groups is 1. The fraction of sp³-hybridized carbons (Fsp3) is 0.364. The molecule has 2 amide bonds. The van der Waals surface area contributed by atoms with Crippen LogP contribution >= 0.6 is 24.4 Å². The molecule has 7 rings (SSSR count). The third-order valence-corrected chi connectivity index (χ3v) is 11.5. The second-order valence-electron chi connectivity index (χ2n) is 14.7. The minimum Gasteiger partial charge on any atom is -0.493 e. The van der Waals surface area contributed by atoms with E-state index < -0.39 is 0 Å². The highest BCUT2D eigenvalue weighted by atomic mass is 32.2. The number of nitrogens with zero attached hydrogens (tertiary/aromatic N) is 4. The summed E-state index contributed by atoms with van der Waals surface area (Å²) in [6.07, 6.45) is 15.4. The molecule has 56 heavy (non-hydrogen) atoms. The number of para-hydroxylation sites is 1. The van der Waals surface area contributed by atoms with Crippen LogP contribution in [0.25, 0.3) is 0 Å². The number of carbonyl (C=O) groups is 2. The van der Waals surface area contributed by atoms with Crippen LogP contribution in [0.3, 0.4) is 0 Å². The molecule has 4 heterocycles. The Balaban J connectivity index is 0.985. The largest absolute Gasteiger partial charge is 0.493 e. The zero-order valence-electron chi connectivity index (χ0n) is 32.3. The Morgan fingerprint density at radius 1 is 0.893 bits per heavy atom. The number of thioether (sulfide) groups is 1. The lowest BCUT2D eigenvalue weighted by atomic mass is 10.1. The van der Waals surface area contributed by atoms with Gasteiger partial charge in [-0.3, -0.25) is 24.5 Å². The molecule has 4 aliphatic rings. The second-order valence-corrected chi connectivity index (χ2v) is 17.0. The van der Waals surface area contributed by atoms with Gasteiger partial charge in [0.25, 0.3) is 11.8 Å². The standard InChI is InChI=1S/C44H46N4O6S2/c1-7-32(56-17-10-14-44(3,4)55)20-29-19-30-25-45-35-23-40(38(51-5)21-33(35)42(49)47(30)27(29)2)53-15-11-16-54-41-24-36-34(22-39(41)52-6)43(50)48-31(26-46-36)18-28-12-8-9-13-37(28)48/h1,8-9,12-13,20-26,30-31,55H,10-11,14-19H2,2-6H3/b32-20+/t30-,31?/m0/s1. The summed E-state index contributed by atoms with van der Waals surface area (Å²) in [6, 6.07) is 14.5. The summed E-state index contributed by atoms with van der Waals surface area (Å²) in [4.78, 5) is 41.6. The van der Waals surface area contributed by atoms with Gasteiger partial charge in [-0.2, -0.15) is 12.6 Å². The number of anilines is 1. The maximum Gasteiger partial charge on any atom is 0.261 e. The lowest BCUT2D eigenvalue weighted by Gasteiger charge is -2.22. The smallest absolute Gasteiger partial charge is 0.261 e. The van der Waals surface area contributed by atoms with E-state index >= 15 is 0 Å². The van der Waals surface area contributed by atoms with E-state index in [1.54, 1.807) is 60.0 Å². The maximum atomic E-state index is 14.0. The highest BCUT2D eigenvalue weighted by molar-refractivity contribution is 8.03. The Kier molecular flexibility index (Phi) is 11.6. The molecule has 0 bridgehead atoms. The van der Waals surface area contributed by atoms with Gasteiger partial charge in [0.15, 0.2) is 23.0 Å². The zero-order chi connectivity index (χ0) is 39.6. The number of aliphatic imine (C=N–C) groups is 2. The topological polar surface area (TPSA) is 102 Å². The Bertz CT molecular complexity index is 2220. The molecular weight excluding hydrogens is 745 g/mol. The first-order valence-corrected chi connectivity index (χ1v) is 20.2. The number of ether oxygens (including phenoxy) is 4. The molecule has 0 spiro atoms. The van der Waals surface area contributed by atoms with Gasteiger partial charge < -0.3 is 23.8 Å². The first-order chi connectivity index (χ1) is 27.0. The molecule has 0 radical (unpaired) electrons. The minimum atomic E-state index is -0.231. The fourth-order valence-electron chi connectivity index (χ4n) is 7.43. The molecule has 0 aliphatic carbocycles. The Morgan fingerprint density at radius 2 is 1.48 bits per heavy atom. The van der Waals surface area contributed by atoms with Crippen LogP contribution in [0.1, 0.15) is 72.7 Å². The summed E-state index contributed by atoms with van der Waals surface area (Å²) in [6.45, 7) is 6.80. The van der Waals surface area contributed by atoms with Crippen LogP contribution in [0.4, 0.5) is 17.1 Å². The van der Waals surface area contributed by atoms with Crippen molar-refractivity contribution in [1.29, 1.82) is 0 Å². The minimum absolute atomic E-state index is 0.0137. The van der Waals surface area contributed by atoms with Gasteiger partial charge in [-0.25, -0.2) is 0 Å². The monoisotopic (exact) mass is 790 g/mol. The van der Waals surface area contributed by atoms with E-state index in [9.17, 15) is 9.59 Å². The van der Waals surface area contributed by atoms with Crippen LogP contribution in [0, 0.1) is 12.3 Å². The van der Waals surface area contributed by atoms with Crippen molar-refractivity contribution < 1.29 is 28.5 Å². The van der Waals surface area contributed by atoms with Crippen molar-refractivity contribution >= 4 is 65.7 Å². The number of benzene rings is 3. The van der Waals surface area contributed by atoms with E-state index in [0.29, 0.717) is 71.6 Å². The molecule has 12 heteroatoms. The second kappa shape index (κ2) is 16.5. The molecule has 0 N–H and O–H groups in total. The average Bonchev–Trinajstić information content (AvgIpc) is 3.63. The number of amides is 2. The quantitative estimate of drug-likeness (QED) is 0.0990. The summed E-state index contributed by atoms with van der Waals surface area (Å²) < 4.78 is 23.6. The van der Waals surface area contributed by atoms with E-state index in [1.807, 2.05) is 49.7 Å². The maximum absolute atomic E-state index is 14.0. The van der Waals surface area contributed by atoms with Crippen LogP contribution in [0.2, 0.25) is 0 Å². The molecule has 0 fully saturated rings. The van der Waals surface area contributed by atoms with Crippen molar-refractivity contribution in [3.05, 3.63) is 87.5 Å². The van der Waals surface area contributed by atoms with Crippen molar-refractivity contribution in [1.82, 2.24) is 4.90 Å². The Labute approximate surface area is 338 Å². The van der Waals surface area contributed by atoms with E-state index in [4.69, 9.17) is 35.4 Å².